The topological polar surface area (TPSA) is 49.4 Å². The van der Waals surface area contributed by atoms with Crippen molar-refractivity contribution in [3.63, 3.8) is 0 Å². The number of benzene rings is 2. The Balaban J connectivity index is 1.80. The van der Waals surface area contributed by atoms with Crippen LogP contribution in [0.3, 0.4) is 0 Å². The van der Waals surface area contributed by atoms with E-state index in [2.05, 4.69) is 5.32 Å². The van der Waals surface area contributed by atoms with Crippen LogP contribution in [0.2, 0.25) is 10.0 Å². The molecule has 1 aliphatic heterocycles. The van der Waals surface area contributed by atoms with Gasteiger partial charge in [-0.05, 0) is 37.1 Å². The third kappa shape index (κ3) is 3.51. The maximum Gasteiger partial charge on any atom is 0.229 e. The van der Waals surface area contributed by atoms with Gasteiger partial charge in [0.15, 0.2) is 0 Å². The lowest BCUT2D eigenvalue weighted by Gasteiger charge is -2.21. The third-order valence-corrected chi connectivity index (χ3v) is 5.05. The number of anilines is 2. The molecule has 1 N–H and O–H groups in total. The summed E-state index contributed by atoms with van der Waals surface area (Å²) in [5.74, 6) is -0.751. The molecular weight excluding hydrogens is 359 g/mol. The Bertz CT molecular complexity index is 811. The van der Waals surface area contributed by atoms with Crippen LogP contribution in [0.4, 0.5) is 11.4 Å². The van der Waals surface area contributed by atoms with E-state index in [1.807, 2.05) is 32.0 Å². The van der Waals surface area contributed by atoms with Crippen LogP contribution >= 0.6 is 23.2 Å². The minimum Gasteiger partial charge on any atom is -0.323 e. The maximum atomic E-state index is 12.6. The summed E-state index contributed by atoms with van der Waals surface area (Å²) in [6.07, 6.45) is 0.168. The summed E-state index contributed by atoms with van der Waals surface area (Å²) in [6, 6.07) is 10.9. The fourth-order valence-corrected chi connectivity index (χ4v) is 3.67. The standard InChI is InChI=1S/C19H18Cl2N2O2/c1-11-5-3-6-12(2)18(11)23-10-13(9-16(23)24)19(25)22-17-14(20)7-4-8-15(17)21/h3-8,13H,9-10H2,1-2H3,(H,22,25). The van der Waals surface area contributed by atoms with Gasteiger partial charge in [-0.25, -0.2) is 0 Å². The summed E-state index contributed by atoms with van der Waals surface area (Å²) in [5, 5.41) is 3.50. The highest BCUT2D eigenvalue weighted by Gasteiger charge is 2.36. The summed E-state index contributed by atoms with van der Waals surface area (Å²) in [7, 11) is 0. The second-order valence-electron chi connectivity index (χ2n) is 6.23. The molecule has 2 aromatic carbocycles. The monoisotopic (exact) mass is 376 g/mol. The fraction of sp³-hybridized carbons (Fsp3) is 0.263. The van der Waals surface area contributed by atoms with E-state index in [0.29, 0.717) is 22.3 Å². The summed E-state index contributed by atoms with van der Waals surface area (Å²) < 4.78 is 0. The van der Waals surface area contributed by atoms with Crippen molar-refractivity contribution in [2.45, 2.75) is 20.3 Å². The Hall–Kier alpha value is -2.04. The number of halogens is 2. The summed E-state index contributed by atoms with van der Waals surface area (Å²) in [4.78, 5) is 26.8. The van der Waals surface area contributed by atoms with Gasteiger partial charge in [0, 0.05) is 18.7 Å². The Morgan fingerprint density at radius 1 is 1.08 bits per heavy atom. The first-order valence-corrected chi connectivity index (χ1v) is 8.75. The molecule has 1 atom stereocenters. The van der Waals surface area contributed by atoms with Crippen molar-refractivity contribution in [1.29, 1.82) is 0 Å². The lowest BCUT2D eigenvalue weighted by molar-refractivity contribution is -0.122. The zero-order valence-corrected chi connectivity index (χ0v) is 15.5. The molecule has 6 heteroatoms. The summed E-state index contributed by atoms with van der Waals surface area (Å²) in [5.41, 5.74) is 3.31. The van der Waals surface area contributed by atoms with E-state index in [9.17, 15) is 9.59 Å². The minimum absolute atomic E-state index is 0.0530. The highest BCUT2D eigenvalue weighted by Crippen LogP contribution is 2.33. The predicted octanol–water partition coefficient (Wildman–Crippen LogP) is 4.60. The Kier molecular flexibility index (Phi) is 5.02. The van der Waals surface area contributed by atoms with E-state index in [1.54, 1.807) is 23.1 Å². The molecule has 1 heterocycles. The normalized spacial score (nSPS) is 17.0. The molecule has 1 saturated heterocycles. The van der Waals surface area contributed by atoms with Crippen molar-refractivity contribution in [2.75, 3.05) is 16.8 Å². The molecule has 0 aliphatic carbocycles. The largest absolute Gasteiger partial charge is 0.323 e. The molecule has 25 heavy (non-hydrogen) atoms. The molecule has 2 amide bonds. The van der Waals surface area contributed by atoms with Gasteiger partial charge in [0.05, 0.1) is 21.7 Å². The fourth-order valence-electron chi connectivity index (χ4n) is 3.17. The number of carbonyl (C=O) groups is 2. The van der Waals surface area contributed by atoms with E-state index >= 15 is 0 Å². The van der Waals surface area contributed by atoms with Gasteiger partial charge < -0.3 is 10.2 Å². The van der Waals surface area contributed by atoms with Gasteiger partial charge in [0.25, 0.3) is 0 Å². The molecule has 0 bridgehead atoms. The summed E-state index contributed by atoms with van der Waals surface area (Å²) in [6.45, 7) is 4.28. The molecule has 4 nitrogen and oxygen atoms in total. The van der Waals surface area contributed by atoms with Crippen molar-refractivity contribution >= 4 is 46.4 Å². The smallest absolute Gasteiger partial charge is 0.229 e. The van der Waals surface area contributed by atoms with Crippen LogP contribution in [0.15, 0.2) is 36.4 Å². The van der Waals surface area contributed by atoms with Crippen molar-refractivity contribution in [2.24, 2.45) is 5.92 Å². The van der Waals surface area contributed by atoms with E-state index in [-0.39, 0.29) is 18.2 Å². The quantitative estimate of drug-likeness (QED) is 0.850. The van der Waals surface area contributed by atoms with Gasteiger partial charge in [0.2, 0.25) is 11.8 Å². The van der Waals surface area contributed by atoms with E-state index < -0.39 is 5.92 Å². The first kappa shape index (κ1) is 17.8. The van der Waals surface area contributed by atoms with Crippen LogP contribution in [0.1, 0.15) is 17.5 Å². The molecule has 1 aliphatic rings. The number of para-hydroxylation sites is 2. The SMILES string of the molecule is Cc1cccc(C)c1N1CC(C(=O)Nc2c(Cl)cccc2Cl)CC1=O. The van der Waals surface area contributed by atoms with Gasteiger partial charge >= 0.3 is 0 Å². The van der Waals surface area contributed by atoms with Gasteiger partial charge in [-0.1, -0.05) is 47.5 Å². The third-order valence-electron chi connectivity index (χ3n) is 4.42. The van der Waals surface area contributed by atoms with E-state index in [1.165, 1.54) is 0 Å². The average molecular weight is 377 g/mol. The average Bonchev–Trinajstić information content (AvgIpc) is 2.93. The van der Waals surface area contributed by atoms with Crippen LogP contribution in [0.25, 0.3) is 0 Å². The molecular formula is C19H18Cl2N2O2. The van der Waals surface area contributed by atoms with Crippen molar-refractivity contribution in [1.82, 2.24) is 0 Å². The molecule has 3 rings (SSSR count). The molecule has 2 aromatic rings. The van der Waals surface area contributed by atoms with E-state index in [0.717, 1.165) is 16.8 Å². The molecule has 1 fully saturated rings. The molecule has 0 saturated carbocycles. The Morgan fingerprint density at radius 3 is 2.24 bits per heavy atom. The molecule has 0 aromatic heterocycles. The van der Waals surface area contributed by atoms with Gasteiger partial charge in [0.1, 0.15) is 0 Å². The zero-order valence-electron chi connectivity index (χ0n) is 14.0. The summed E-state index contributed by atoms with van der Waals surface area (Å²) >= 11 is 12.2. The highest BCUT2D eigenvalue weighted by atomic mass is 35.5. The predicted molar refractivity (Wildman–Crippen MR) is 101 cm³/mol. The van der Waals surface area contributed by atoms with Crippen LogP contribution in [0.5, 0.6) is 0 Å². The van der Waals surface area contributed by atoms with Gasteiger partial charge in [-0.15, -0.1) is 0 Å². The molecule has 0 radical (unpaired) electrons. The Labute approximate surface area is 156 Å². The van der Waals surface area contributed by atoms with E-state index in [4.69, 9.17) is 23.2 Å². The lowest BCUT2D eigenvalue weighted by atomic mass is 10.1. The maximum absolute atomic E-state index is 12.6. The first-order chi connectivity index (χ1) is 11.9. The van der Waals surface area contributed by atoms with Gasteiger partial charge in [-0.2, -0.15) is 0 Å². The van der Waals surface area contributed by atoms with Crippen LogP contribution in [-0.4, -0.2) is 18.4 Å². The second-order valence-corrected chi connectivity index (χ2v) is 7.05. The number of hydrogen-bond donors (Lipinski definition) is 1. The minimum atomic E-state index is -0.446. The molecule has 0 spiro atoms. The number of hydrogen-bond acceptors (Lipinski definition) is 2. The number of nitrogens with zero attached hydrogens (tertiary/aromatic N) is 1. The zero-order chi connectivity index (χ0) is 18.1. The van der Waals surface area contributed by atoms with Crippen LogP contribution < -0.4 is 10.2 Å². The van der Waals surface area contributed by atoms with Crippen molar-refractivity contribution in [3.05, 3.63) is 57.6 Å². The number of amides is 2. The molecule has 1 unspecified atom stereocenters. The van der Waals surface area contributed by atoms with Crippen molar-refractivity contribution < 1.29 is 9.59 Å². The number of nitrogens with one attached hydrogen (secondary N) is 1. The number of aryl methyl sites for hydroxylation is 2. The van der Waals surface area contributed by atoms with Crippen LogP contribution in [0, 0.1) is 19.8 Å². The lowest BCUT2D eigenvalue weighted by Crippen LogP contribution is -2.29. The molecule has 130 valence electrons. The number of rotatable bonds is 3. The van der Waals surface area contributed by atoms with Gasteiger partial charge in [-0.3, -0.25) is 9.59 Å². The second kappa shape index (κ2) is 7.06. The number of carbonyl (C=O) groups excluding carboxylic acids is 2. The van der Waals surface area contributed by atoms with Crippen LogP contribution in [-0.2, 0) is 9.59 Å². The first-order valence-electron chi connectivity index (χ1n) is 8.00. The Morgan fingerprint density at radius 2 is 1.64 bits per heavy atom. The highest BCUT2D eigenvalue weighted by molar-refractivity contribution is 6.39. The van der Waals surface area contributed by atoms with Crippen molar-refractivity contribution in [3.8, 4) is 0 Å².